The van der Waals surface area contributed by atoms with Crippen LogP contribution in [0, 0.1) is 6.92 Å². The summed E-state index contributed by atoms with van der Waals surface area (Å²) in [7, 11) is 2.25. The van der Waals surface area contributed by atoms with Crippen molar-refractivity contribution in [1.29, 1.82) is 0 Å². The van der Waals surface area contributed by atoms with E-state index in [1.807, 2.05) is 13.3 Å². The van der Waals surface area contributed by atoms with Crippen LogP contribution in [0.25, 0.3) is 0 Å². The van der Waals surface area contributed by atoms with Crippen molar-refractivity contribution >= 4 is 0 Å². The van der Waals surface area contributed by atoms with Gasteiger partial charge in [-0.2, -0.15) is 0 Å². The fourth-order valence-electron chi connectivity index (χ4n) is 3.46. The van der Waals surface area contributed by atoms with Crippen LogP contribution >= 0.6 is 0 Å². The molecule has 0 amide bonds. The summed E-state index contributed by atoms with van der Waals surface area (Å²) in [5, 5.41) is 8.01. The van der Waals surface area contributed by atoms with Crippen molar-refractivity contribution in [2.45, 2.75) is 44.8 Å². The van der Waals surface area contributed by atoms with E-state index in [1.165, 1.54) is 32.4 Å². The van der Waals surface area contributed by atoms with Gasteiger partial charge in [-0.25, -0.2) is 0 Å². The average molecular weight is 249 g/mol. The first-order valence-corrected chi connectivity index (χ1v) is 7.03. The smallest absolute Gasteiger partial charge is 0.129 e. The molecule has 18 heavy (non-hydrogen) atoms. The zero-order valence-corrected chi connectivity index (χ0v) is 11.4. The van der Waals surface area contributed by atoms with Crippen LogP contribution in [0.5, 0.6) is 0 Å². The maximum Gasteiger partial charge on any atom is 0.129 e. The number of fused-ring (bicyclic) bond motifs is 2. The van der Waals surface area contributed by atoms with Gasteiger partial charge in [0, 0.05) is 31.7 Å². The van der Waals surface area contributed by atoms with Crippen molar-refractivity contribution in [1.82, 2.24) is 24.6 Å². The molecule has 2 saturated heterocycles. The summed E-state index contributed by atoms with van der Waals surface area (Å²) in [6, 6.07) is 1.57. The third kappa shape index (κ3) is 2.29. The zero-order valence-electron chi connectivity index (χ0n) is 11.4. The fraction of sp³-hybridized carbons (Fsp3) is 0.846. The van der Waals surface area contributed by atoms with E-state index in [4.69, 9.17) is 0 Å². The number of likely N-dealkylation sites (N-methyl/N-ethyl adjacent to an activating group) is 1. The Morgan fingerprint density at radius 2 is 2.06 bits per heavy atom. The van der Waals surface area contributed by atoms with Crippen molar-refractivity contribution < 1.29 is 0 Å². The van der Waals surface area contributed by atoms with Crippen LogP contribution in [0.15, 0.2) is 6.33 Å². The van der Waals surface area contributed by atoms with E-state index in [0.29, 0.717) is 0 Å². The first kappa shape index (κ1) is 12.1. The lowest BCUT2D eigenvalue weighted by molar-refractivity contribution is 0.185. The standard InChI is InChI=1S/C13H23N5/c1-11-15-14-10-17(11)7-8-18-12-3-4-13(18)9-16(2)6-5-12/h10,12-13H,3-9H2,1-2H3/t12-,13+/m1/s1. The molecule has 2 fully saturated rings. The van der Waals surface area contributed by atoms with Crippen molar-refractivity contribution in [3.05, 3.63) is 12.2 Å². The van der Waals surface area contributed by atoms with Gasteiger partial charge in [-0.3, -0.25) is 4.90 Å². The molecule has 1 aromatic rings. The molecule has 0 unspecified atom stereocenters. The second kappa shape index (κ2) is 4.97. The third-order valence-corrected chi connectivity index (χ3v) is 4.55. The molecule has 2 atom stereocenters. The summed E-state index contributed by atoms with van der Waals surface area (Å²) in [5.74, 6) is 1.02. The van der Waals surface area contributed by atoms with Crippen LogP contribution in [0.3, 0.4) is 0 Å². The molecule has 1 aromatic heterocycles. The predicted octanol–water partition coefficient (Wildman–Crippen LogP) is 0.755. The maximum atomic E-state index is 4.05. The Kier molecular flexibility index (Phi) is 3.35. The van der Waals surface area contributed by atoms with E-state index in [1.54, 1.807) is 0 Å². The number of rotatable bonds is 3. The molecule has 2 aliphatic rings. The number of hydrogen-bond acceptors (Lipinski definition) is 4. The molecule has 2 bridgehead atoms. The van der Waals surface area contributed by atoms with E-state index >= 15 is 0 Å². The first-order chi connectivity index (χ1) is 8.74. The molecular formula is C13H23N5. The Bertz CT molecular complexity index is 402. The van der Waals surface area contributed by atoms with Crippen molar-refractivity contribution in [3.8, 4) is 0 Å². The van der Waals surface area contributed by atoms with Gasteiger partial charge in [0.25, 0.3) is 0 Å². The van der Waals surface area contributed by atoms with Gasteiger partial charge in [0.1, 0.15) is 12.2 Å². The lowest BCUT2D eigenvalue weighted by atomic mass is 10.1. The number of aryl methyl sites for hydroxylation is 1. The topological polar surface area (TPSA) is 37.2 Å². The molecule has 0 saturated carbocycles. The predicted molar refractivity (Wildman–Crippen MR) is 70.4 cm³/mol. The molecule has 0 spiro atoms. The van der Waals surface area contributed by atoms with Crippen LogP contribution < -0.4 is 0 Å². The summed E-state index contributed by atoms with van der Waals surface area (Å²) >= 11 is 0. The van der Waals surface area contributed by atoms with Crippen LogP contribution in [0.2, 0.25) is 0 Å². The van der Waals surface area contributed by atoms with E-state index < -0.39 is 0 Å². The molecule has 5 heteroatoms. The lowest BCUT2D eigenvalue weighted by Crippen LogP contribution is -2.40. The second-order valence-electron chi connectivity index (χ2n) is 5.75. The normalized spacial score (nSPS) is 29.7. The molecule has 0 radical (unpaired) electrons. The minimum absolute atomic E-state index is 0.763. The Morgan fingerprint density at radius 1 is 1.22 bits per heavy atom. The van der Waals surface area contributed by atoms with Crippen molar-refractivity contribution in [2.75, 3.05) is 26.7 Å². The quantitative estimate of drug-likeness (QED) is 0.792. The minimum Gasteiger partial charge on any atom is -0.317 e. The van der Waals surface area contributed by atoms with Crippen molar-refractivity contribution in [2.24, 2.45) is 0 Å². The summed E-state index contributed by atoms with van der Waals surface area (Å²) in [5.41, 5.74) is 0. The van der Waals surface area contributed by atoms with E-state index in [-0.39, 0.29) is 0 Å². The fourth-order valence-corrected chi connectivity index (χ4v) is 3.46. The molecule has 0 N–H and O–H groups in total. The van der Waals surface area contributed by atoms with Crippen LogP contribution in [-0.2, 0) is 6.54 Å². The number of hydrogen-bond donors (Lipinski definition) is 0. The summed E-state index contributed by atoms with van der Waals surface area (Å²) < 4.78 is 2.16. The van der Waals surface area contributed by atoms with Crippen LogP contribution in [-0.4, -0.2) is 63.3 Å². The highest BCUT2D eigenvalue weighted by atomic mass is 15.3. The highest BCUT2D eigenvalue weighted by Gasteiger charge is 2.35. The molecule has 2 aliphatic heterocycles. The van der Waals surface area contributed by atoms with Crippen molar-refractivity contribution in [3.63, 3.8) is 0 Å². The number of aromatic nitrogens is 3. The van der Waals surface area contributed by atoms with Gasteiger partial charge in [0.05, 0.1) is 0 Å². The van der Waals surface area contributed by atoms with Gasteiger partial charge in [-0.15, -0.1) is 10.2 Å². The molecule has 100 valence electrons. The van der Waals surface area contributed by atoms with Gasteiger partial charge in [-0.05, 0) is 39.8 Å². The number of likely N-dealkylation sites (tertiary alicyclic amines) is 1. The molecule has 0 aliphatic carbocycles. The van der Waals surface area contributed by atoms with E-state index in [0.717, 1.165) is 31.0 Å². The Balaban J connectivity index is 1.64. The molecular weight excluding hydrogens is 226 g/mol. The molecule has 5 nitrogen and oxygen atoms in total. The van der Waals surface area contributed by atoms with Gasteiger partial charge in [0.2, 0.25) is 0 Å². The summed E-state index contributed by atoms with van der Waals surface area (Å²) in [4.78, 5) is 5.21. The van der Waals surface area contributed by atoms with Gasteiger partial charge >= 0.3 is 0 Å². The highest BCUT2D eigenvalue weighted by Crippen LogP contribution is 2.29. The van der Waals surface area contributed by atoms with Gasteiger partial charge in [-0.1, -0.05) is 0 Å². The maximum absolute atomic E-state index is 4.05. The monoisotopic (exact) mass is 249 g/mol. The number of nitrogens with zero attached hydrogens (tertiary/aromatic N) is 5. The molecule has 3 rings (SSSR count). The lowest BCUT2D eigenvalue weighted by Gasteiger charge is -2.28. The summed E-state index contributed by atoms with van der Waals surface area (Å²) in [6.45, 7) is 6.68. The summed E-state index contributed by atoms with van der Waals surface area (Å²) in [6.07, 6.45) is 5.94. The van der Waals surface area contributed by atoms with E-state index in [2.05, 4.69) is 31.6 Å². The zero-order chi connectivity index (χ0) is 12.5. The SMILES string of the molecule is Cc1nncn1CCN1[C@@H]2CC[C@H]1CN(C)CC2. The minimum atomic E-state index is 0.763. The second-order valence-corrected chi connectivity index (χ2v) is 5.75. The molecule has 0 aromatic carbocycles. The largest absolute Gasteiger partial charge is 0.317 e. The van der Waals surface area contributed by atoms with Crippen LogP contribution in [0.4, 0.5) is 0 Å². The third-order valence-electron chi connectivity index (χ3n) is 4.55. The Hall–Kier alpha value is -0.940. The van der Waals surface area contributed by atoms with E-state index in [9.17, 15) is 0 Å². The first-order valence-electron chi connectivity index (χ1n) is 7.03. The molecule has 3 heterocycles. The van der Waals surface area contributed by atoms with Gasteiger partial charge in [0.15, 0.2) is 0 Å². The average Bonchev–Trinajstić information content (AvgIpc) is 2.85. The van der Waals surface area contributed by atoms with Crippen LogP contribution in [0.1, 0.15) is 25.1 Å². The highest BCUT2D eigenvalue weighted by molar-refractivity contribution is 4.92. The van der Waals surface area contributed by atoms with Gasteiger partial charge < -0.3 is 9.47 Å². The Morgan fingerprint density at radius 3 is 2.83 bits per heavy atom. The Labute approximate surface area is 109 Å².